The molecule has 1 aliphatic carbocycles. The highest BCUT2D eigenvalue weighted by Crippen LogP contribution is 2.53. The van der Waals surface area contributed by atoms with Crippen molar-refractivity contribution in [1.29, 1.82) is 0 Å². The summed E-state index contributed by atoms with van der Waals surface area (Å²) in [6, 6.07) is 63.7. The number of rotatable bonds is 5. The van der Waals surface area contributed by atoms with Crippen molar-refractivity contribution in [2.24, 2.45) is 0 Å². The molecule has 0 fully saturated rings. The lowest BCUT2D eigenvalue weighted by molar-refractivity contribution is 0.660. The van der Waals surface area contributed by atoms with E-state index in [1.165, 1.54) is 55.3 Å². The summed E-state index contributed by atoms with van der Waals surface area (Å²) in [5.74, 6) is 0. The summed E-state index contributed by atoms with van der Waals surface area (Å²) in [5.41, 5.74) is 15.1. The third-order valence-corrected chi connectivity index (χ3v) is 10.9. The molecule has 9 aromatic rings. The van der Waals surface area contributed by atoms with Gasteiger partial charge in [-0.2, -0.15) is 0 Å². The van der Waals surface area contributed by atoms with Crippen LogP contribution in [0.2, 0.25) is 0 Å². The second kappa shape index (κ2) is 11.3. The van der Waals surface area contributed by atoms with Crippen LogP contribution in [0.4, 0.5) is 17.1 Å². The first-order valence-corrected chi connectivity index (χ1v) is 17.7. The third kappa shape index (κ3) is 4.71. The van der Waals surface area contributed by atoms with Gasteiger partial charge in [0, 0.05) is 39.3 Å². The van der Waals surface area contributed by atoms with Gasteiger partial charge in [-0.3, -0.25) is 0 Å². The van der Waals surface area contributed by atoms with E-state index in [0.29, 0.717) is 0 Å². The average molecular weight is 654 g/mol. The Balaban J connectivity index is 1.15. The Kier molecular flexibility index (Phi) is 6.56. The molecule has 0 spiro atoms. The van der Waals surface area contributed by atoms with E-state index in [0.717, 1.165) is 39.0 Å². The molecule has 2 nitrogen and oxygen atoms in total. The molecule has 0 saturated carbocycles. The van der Waals surface area contributed by atoms with Crippen LogP contribution in [0.15, 0.2) is 180 Å². The first-order valence-electron chi connectivity index (χ1n) is 17.7. The molecule has 0 bridgehead atoms. The first-order chi connectivity index (χ1) is 25.0. The summed E-state index contributed by atoms with van der Waals surface area (Å²) in [6.07, 6.45) is 0. The van der Waals surface area contributed by atoms with E-state index in [1.54, 1.807) is 0 Å². The Morgan fingerprint density at radius 1 is 0.412 bits per heavy atom. The van der Waals surface area contributed by atoms with Crippen LogP contribution in [0.1, 0.15) is 25.0 Å². The van der Waals surface area contributed by atoms with E-state index in [2.05, 4.69) is 183 Å². The first kappa shape index (κ1) is 29.5. The minimum Gasteiger partial charge on any atom is -0.456 e. The standard InChI is InChI=1S/C49H35NO/c1-49(2)44-28-26-38(30-43(44)48-40(16-10-17-45(48)49)34-12-4-3-5-13-34)50(39-25-27-42-41-15-8-9-18-46(41)51-47(42)31-39)37-23-21-33(22-24-37)36-20-19-32-11-6-7-14-35(32)29-36/h3-31H,1-2H3. The van der Waals surface area contributed by atoms with Crippen LogP contribution in [0.25, 0.3) is 66.1 Å². The van der Waals surface area contributed by atoms with Gasteiger partial charge in [0.25, 0.3) is 0 Å². The number of hydrogen-bond donors (Lipinski definition) is 0. The van der Waals surface area contributed by atoms with Gasteiger partial charge in [-0.1, -0.05) is 135 Å². The molecule has 0 unspecified atom stereocenters. The summed E-state index contributed by atoms with van der Waals surface area (Å²) in [7, 11) is 0. The molecule has 10 rings (SSSR count). The average Bonchev–Trinajstić information content (AvgIpc) is 3.66. The maximum atomic E-state index is 6.41. The van der Waals surface area contributed by atoms with E-state index >= 15 is 0 Å². The predicted molar refractivity (Wildman–Crippen MR) is 214 cm³/mol. The van der Waals surface area contributed by atoms with Crippen molar-refractivity contribution in [3.63, 3.8) is 0 Å². The summed E-state index contributed by atoms with van der Waals surface area (Å²) < 4.78 is 6.41. The van der Waals surface area contributed by atoms with Gasteiger partial charge in [0.05, 0.1) is 0 Å². The summed E-state index contributed by atoms with van der Waals surface area (Å²) >= 11 is 0. The van der Waals surface area contributed by atoms with Gasteiger partial charge >= 0.3 is 0 Å². The number of anilines is 3. The van der Waals surface area contributed by atoms with Crippen LogP contribution in [0.5, 0.6) is 0 Å². The minimum absolute atomic E-state index is 0.118. The fourth-order valence-corrected chi connectivity index (χ4v) is 8.26. The molecule has 8 aromatic carbocycles. The number of hydrogen-bond acceptors (Lipinski definition) is 2. The van der Waals surface area contributed by atoms with Crippen LogP contribution in [-0.4, -0.2) is 0 Å². The number of benzene rings is 8. The van der Waals surface area contributed by atoms with E-state index in [1.807, 2.05) is 12.1 Å². The second-order valence-corrected chi connectivity index (χ2v) is 14.2. The van der Waals surface area contributed by atoms with Crippen LogP contribution in [0, 0.1) is 0 Å². The molecule has 0 saturated heterocycles. The normalized spacial score (nSPS) is 13.1. The molecule has 242 valence electrons. The largest absolute Gasteiger partial charge is 0.456 e. The lowest BCUT2D eigenvalue weighted by Crippen LogP contribution is -2.15. The fourth-order valence-electron chi connectivity index (χ4n) is 8.26. The van der Waals surface area contributed by atoms with Gasteiger partial charge < -0.3 is 9.32 Å². The van der Waals surface area contributed by atoms with Gasteiger partial charge in [-0.25, -0.2) is 0 Å². The smallest absolute Gasteiger partial charge is 0.137 e. The van der Waals surface area contributed by atoms with Crippen molar-refractivity contribution in [2.45, 2.75) is 19.3 Å². The fraction of sp³-hybridized carbons (Fsp3) is 0.0612. The highest BCUT2D eigenvalue weighted by molar-refractivity contribution is 6.06. The molecular weight excluding hydrogens is 619 g/mol. The molecule has 0 aliphatic heterocycles. The lowest BCUT2D eigenvalue weighted by Gasteiger charge is -2.27. The van der Waals surface area contributed by atoms with Crippen LogP contribution in [-0.2, 0) is 5.41 Å². The van der Waals surface area contributed by atoms with Gasteiger partial charge in [0.15, 0.2) is 0 Å². The maximum absolute atomic E-state index is 6.41. The molecule has 0 amide bonds. The molecular formula is C49H35NO. The molecule has 0 N–H and O–H groups in total. The Bertz CT molecular complexity index is 2770. The molecule has 1 heterocycles. The number of fused-ring (bicyclic) bond motifs is 7. The minimum atomic E-state index is -0.118. The zero-order valence-corrected chi connectivity index (χ0v) is 28.6. The third-order valence-electron chi connectivity index (χ3n) is 10.9. The molecule has 0 atom stereocenters. The quantitative estimate of drug-likeness (QED) is 0.184. The lowest BCUT2D eigenvalue weighted by atomic mass is 9.82. The zero-order valence-electron chi connectivity index (χ0n) is 28.6. The summed E-state index contributed by atoms with van der Waals surface area (Å²) in [5, 5.41) is 4.76. The van der Waals surface area contributed by atoms with Crippen molar-refractivity contribution in [3.05, 3.63) is 187 Å². The highest BCUT2D eigenvalue weighted by Gasteiger charge is 2.37. The van der Waals surface area contributed by atoms with Gasteiger partial charge in [0.2, 0.25) is 0 Å². The van der Waals surface area contributed by atoms with Crippen molar-refractivity contribution < 1.29 is 4.42 Å². The molecule has 0 radical (unpaired) electrons. The van der Waals surface area contributed by atoms with Gasteiger partial charge in [0.1, 0.15) is 11.2 Å². The molecule has 2 heteroatoms. The number of para-hydroxylation sites is 1. The Morgan fingerprint density at radius 3 is 1.96 bits per heavy atom. The van der Waals surface area contributed by atoms with E-state index in [4.69, 9.17) is 4.42 Å². The van der Waals surface area contributed by atoms with Gasteiger partial charge in [-0.05, 0) is 104 Å². The van der Waals surface area contributed by atoms with E-state index in [9.17, 15) is 0 Å². The van der Waals surface area contributed by atoms with Crippen LogP contribution >= 0.6 is 0 Å². The Morgan fingerprint density at radius 2 is 1.10 bits per heavy atom. The van der Waals surface area contributed by atoms with Crippen LogP contribution < -0.4 is 4.90 Å². The maximum Gasteiger partial charge on any atom is 0.137 e. The van der Waals surface area contributed by atoms with Crippen molar-refractivity contribution in [1.82, 2.24) is 0 Å². The van der Waals surface area contributed by atoms with E-state index < -0.39 is 0 Å². The zero-order chi connectivity index (χ0) is 34.1. The Hall–Kier alpha value is -6.38. The molecule has 1 aliphatic rings. The SMILES string of the molecule is CC1(C)c2ccc(N(c3ccc(-c4ccc5ccccc5c4)cc3)c3ccc4c(c3)oc3ccccc34)cc2-c2c(-c3ccccc3)cccc21. The second-order valence-electron chi connectivity index (χ2n) is 14.2. The van der Waals surface area contributed by atoms with Gasteiger partial charge in [-0.15, -0.1) is 0 Å². The van der Waals surface area contributed by atoms with Crippen molar-refractivity contribution >= 4 is 49.8 Å². The Labute approximate surface area is 297 Å². The topological polar surface area (TPSA) is 16.4 Å². The predicted octanol–water partition coefficient (Wildman–Crippen LogP) is 13.8. The summed E-state index contributed by atoms with van der Waals surface area (Å²) in [4.78, 5) is 2.37. The number of nitrogens with zero attached hydrogens (tertiary/aromatic N) is 1. The van der Waals surface area contributed by atoms with E-state index in [-0.39, 0.29) is 5.41 Å². The van der Waals surface area contributed by atoms with Crippen molar-refractivity contribution in [3.8, 4) is 33.4 Å². The van der Waals surface area contributed by atoms with Crippen molar-refractivity contribution in [2.75, 3.05) is 4.90 Å². The highest BCUT2D eigenvalue weighted by atomic mass is 16.3. The monoisotopic (exact) mass is 653 g/mol. The molecule has 51 heavy (non-hydrogen) atoms. The summed E-state index contributed by atoms with van der Waals surface area (Å²) in [6.45, 7) is 4.70. The van der Waals surface area contributed by atoms with Crippen LogP contribution in [0.3, 0.4) is 0 Å². The number of furan rings is 1. The molecule has 1 aromatic heterocycles.